The predicted molar refractivity (Wildman–Crippen MR) is 88.6 cm³/mol. The summed E-state index contributed by atoms with van der Waals surface area (Å²) in [5.41, 5.74) is 1.05. The van der Waals surface area contributed by atoms with E-state index in [1.165, 1.54) is 19.4 Å². The minimum Gasteiger partial charge on any atom is -0.497 e. The Bertz CT molecular complexity index is 987. The van der Waals surface area contributed by atoms with Crippen molar-refractivity contribution in [2.75, 3.05) is 7.11 Å². The first-order valence-electron chi connectivity index (χ1n) is 7.50. The summed E-state index contributed by atoms with van der Waals surface area (Å²) in [6.45, 7) is 0. The quantitative estimate of drug-likeness (QED) is 0.440. The van der Waals surface area contributed by atoms with Crippen molar-refractivity contribution in [2.45, 2.75) is 23.4 Å². The van der Waals surface area contributed by atoms with Crippen molar-refractivity contribution in [3.63, 3.8) is 0 Å². The zero-order chi connectivity index (χ0) is 19.6. The fraction of sp³-hybridized carbons (Fsp3) is 0.250. The van der Waals surface area contributed by atoms with Gasteiger partial charge in [-0.05, 0) is 18.2 Å². The zero-order valence-corrected chi connectivity index (χ0v) is 17.6. The third kappa shape index (κ3) is 5.22. The maximum atomic E-state index is 13.0. The molecule has 3 rings (SSSR count). The van der Waals surface area contributed by atoms with E-state index in [1.54, 1.807) is 12.1 Å². The van der Waals surface area contributed by atoms with Crippen LogP contribution >= 0.6 is 0 Å². The van der Waals surface area contributed by atoms with Crippen molar-refractivity contribution in [3.8, 4) is 11.5 Å². The number of aromatic amines is 1. The molecule has 1 aromatic carbocycles. The third-order valence-electron chi connectivity index (χ3n) is 3.46. The SMILES string of the molecule is COc1ccnc(CS(=O)c2nc3ccc(OC(F)(F)C(F)F)cc3[nH]2)c1.[Na+]. The molecular formula is C16H13F4N3NaO3S+. The topological polar surface area (TPSA) is 77.1 Å². The molecule has 0 aliphatic heterocycles. The maximum Gasteiger partial charge on any atom is 1.00 e. The first kappa shape index (κ1) is 22.6. The number of hydrogen-bond acceptors (Lipinski definition) is 5. The van der Waals surface area contributed by atoms with Gasteiger partial charge in [0.2, 0.25) is 0 Å². The van der Waals surface area contributed by atoms with Crippen molar-refractivity contribution in [1.82, 2.24) is 15.0 Å². The number of aromatic nitrogens is 3. The molecule has 144 valence electrons. The number of H-pyrrole nitrogens is 1. The molecule has 2 heterocycles. The average Bonchev–Trinajstić information content (AvgIpc) is 3.05. The number of nitrogens with one attached hydrogen (secondary N) is 1. The second kappa shape index (κ2) is 9.21. The summed E-state index contributed by atoms with van der Waals surface area (Å²) >= 11 is 0. The number of benzene rings is 1. The Morgan fingerprint density at radius 1 is 1.21 bits per heavy atom. The van der Waals surface area contributed by atoms with Crippen LogP contribution in [0.2, 0.25) is 0 Å². The van der Waals surface area contributed by atoms with Crippen molar-refractivity contribution < 1.29 is 60.8 Å². The Labute approximate surface area is 181 Å². The number of hydrogen-bond donors (Lipinski definition) is 1. The molecule has 0 fully saturated rings. The molecule has 28 heavy (non-hydrogen) atoms. The Kier molecular flexibility index (Phi) is 7.43. The molecule has 0 saturated heterocycles. The Hall–Kier alpha value is -1.69. The van der Waals surface area contributed by atoms with Gasteiger partial charge in [-0.2, -0.15) is 17.6 Å². The number of fused-ring (bicyclic) bond motifs is 1. The third-order valence-corrected chi connectivity index (χ3v) is 4.64. The van der Waals surface area contributed by atoms with Crippen LogP contribution in [0, 0.1) is 0 Å². The molecule has 1 unspecified atom stereocenters. The van der Waals surface area contributed by atoms with Crippen LogP contribution in [-0.2, 0) is 16.6 Å². The average molecular weight is 426 g/mol. The van der Waals surface area contributed by atoms with Crippen LogP contribution in [-0.4, -0.2) is 38.8 Å². The smallest absolute Gasteiger partial charge is 0.497 e. The molecule has 12 heteroatoms. The summed E-state index contributed by atoms with van der Waals surface area (Å²) in [5.74, 6) is 0.135. The summed E-state index contributed by atoms with van der Waals surface area (Å²) in [7, 11) is -0.111. The standard InChI is InChI=1S/C16H13F4N3O3S.Na/c1-25-10-4-5-21-9(6-10)8-27(24)15-22-12-3-2-11(7-13(12)23-15)26-16(19,20)14(17)18;/h2-7,14H,8H2,1H3,(H,22,23);/q;+1. The molecule has 0 saturated carbocycles. The van der Waals surface area contributed by atoms with E-state index < -0.39 is 29.1 Å². The molecule has 0 amide bonds. The molecule has 2 aromatic heterocycles. The monoisotopic (exact) mass is 426 g/mol. The normalized spacial score (nSPS) is 12.6. The van der Waals surface area contributed by atoms with E-state index in [1.807, 2.05) is 0 Å². The van der Waals surface area contributed by atoms with Crippen LogP contribution < -0.4 is 39.0 Å². The number of nitrogens with zero attached hydrogens (tertiary/aromatic N) is 2. The van der Waals surface area contributed by atoms with E-state index in [2.05, 4.69) is 19.7 Å². The maximum absolute atomic E-state index is 13.0. The Balaban J connectivity index is 0.00000280. The molecule has 1 N–H and O–H groups in total. The second-order valence-corrected chi connectivity index (χ2v) is 6.73. The van der Waals surface area contributed by atoms with Gasteiger partial charge in [0.25, 0.3) is 0 Å². The number of ether oxygens (including phenoxy) is 2. The number of alkyl halides is 4. The van der Waals surface area contributed by atoms with E-state index in [-0.39, 0.29) is 46.0 Å². The van der Waals surface area contributed by atoms with E-state index in [4.69, 9.17) is 4.74 Å². The van der Waals surface area contributed by atoms with Crippen LogP contribution in [0.25, 0.3) is 11.0 Å². The molecule has 0 spiro atoms. The number of pyridine rings is 1. The van der Waals surface area contributed by atoms with Gasteiger partial charge in [-0.25, -0.2) is 4.98 Å². The number of methoxy groups -OCH3 is 1. The van der Waals surface area contributed by atoms with Gasteiger partial charge in [0.15, 0.2) is 5.16 Å². The van der Waals surface area contributed by atoms with Gasteiger partial charge < -0.3 is 14.5 Å². The Morgan fingerprint density at radius 2 is 1.96 bits per heavy atom. The van der Waals surface area contributed by atoms with Crippen molar-refractivity contribution in [2.24, 2.45) is 0 Å². The summed E-state index contributed by atoms with van der Waals surface area (Å²) < 4.78 is 72.1. The first-order chi connectivity index (χ1) is 12.8. The minimum atomic E-state index is -4.61. The van der Waals surface area contributed by atoms with Gasteiger partial charge >= 0.3 is 42.1 Å². The van der Waals surface area contributed by atoms with Gasteiger partial charge in [-0.1, -0.05) is 0 Å². The van der Waals surface area contributed by atoms with E-state index in [0.717, 1.165) is 12.1 Å². The minimum absolute atomic E-state index is 0. The van der Waals surface area contributed by atoms with E-state index in [0.29, 0.717) is 17.0 Å². The summed E-state index contributed by atoms with van der Waals surface area (Å²) in [6, 6.07) is 6.73. The number of halogens is 4. The molecule has 0 bridgehead atoms. The summed E-state index contributed by atoms with van der Waals surface area (Å²) in [4.78, 5) is 10.9. The van der Waals surface area contributed by atoms with Crippen LogP contribution in [0.4, 0.5) is 17.6 Å². The Morgan fingerprint density at radius 3 is 2.64 bits per heavy atom. The second-order valence-electron chi connectivity index (χ2n) is 5.36. The van der Waals surface area contributed by atoms with Crippen LogP contribution in [0.1, 0.15) is 5.69 Å². The van der Waals surface area contributed by atoms with Gasteiger partial charge in [0, 0.05) is 18.3 Å². The number of rotatable bonds is 7. The molecule has 3 aromatic rings. The molecule has 6 nitrogen and oxygen atoms in total. The van der Waals surface area contributed by atoms with Gasteiger partial charge in [0.05, 0.1) is 40.4 Å². The van der Waals surface area contributed by atoms with Crippen LogP contribution in [0.15, 0.2) is 41.7 Å². The summed E-state index contributed by atoms with van der Waals surface area (Å²) in [6.07, 6.45) is -7.07. The van der Waals surface area contributed by atoms with E-state index >= 15 is 0 Å². The molecule has 1 atom stereocenters. The summed E-state index contributed by atoms with van der Waals surface area (Å²) in [5, 5.41) is 0.0902. The molecular weight excluding hydrogens is 413 g/mol. The number of imidazole rings is 1. The van der Waals surface area contributed by atoms with Crippen LogP contribution in [0.5, 0.6) is 11.5 Å². The molecule has 0 aliphatic carbocycles. The van der Waals surface area contributed by atoms with E-state index in [9.17, 15) is 21.8 Å². The molecule has 0 aliphatic rings. The molecule has 0 radical (unpaired) electrons. The van der Waals surface area contributed by atoms with Gasteiger partial charge in [-0.3, -0.25) is 9.19 Å². The van der Waals surface area contributed by atoms with Gasteiger partial charge in [0.1, 0.15) is 11.5 Å². The van der Waals surface area contributed by atoms with Crippen LogP contribution in [0.3, 0.4) is 0 Å². The van der Waals surface area contributed by atoms with Gasteiger partial charge in [-0.15, -0.1) is 0 Å². The zero-order valence-electron chi connectivity index (χ0n) is 14.8. The fourth-order valence-electron chi connectivity index (χ4n) is 2.20. The largest absolute Gasteiger partial charge is 1.00 e. The van der Waals surface area contributed by atoms with Crippen molar-refractivity contribution in [3.05, 3.63) is 42.2 Å². The van der Waals surface area contributed by atoms with Crippen molar-refractivity contribution >= 4 is 21.8 Å². The predicted octanol–water partition coefficient (Wildman–Crippen LogP) is 0.515. The fourth-order valence-corrected chi connectivity index (χ4v) is 3.19. The first-order valence-corrected chi connectivity index (χ1v) is 8.82. The van der Waals surface area contributed by atoms with Crippen molar-refractivity contribution in [1.29, 1.82) is 0 Å².